The van der Waals surface area contributed by atoms with E-state index in [9.17, 15) is 0 Å². The second kappa shape index (κ2) is 5.18. The quantitative estimate of drug-likeness (QED) is 0.674. The first-order valence-corrected chi connectivity index (χ1v) is 5.62. The second-order valence-corrected chi connectivity index (χ2v) is 4.33. The highest BCUT2D eigenvalue weighted by Gasteiger charge is 2.12. The second-order valence-electron chi connectivity index (χ2n) is 4.33. The molecule has 0 N–H and O–H groups in total. The Bertz CT molecular complexity index is 239. The van der Waals surface area contributed by atoms with Gasteiger partial charge in [0.25, 0.3) is 0 Å². The first kappa shape index (κ1) is 11.3. The maximum absolute atomic E-state index is 4.53. The third kappa shape index (κ3) is 2.86. The van der Waals surface area contributed by atoms with Crippen molar-refractivity contribution in [2.75, 3.05) is 13.6 Å². The standard InChI is InChI=1S/C12H22N2/c1-5-8-14(4)12-7-6-11(9-13-12)10(2)3/h9-10H,5-8H2,1-4H3. The molecule has 0 amide bonds. The van der Waals surface area contributed by atoms with E-state index in [4.69, 9.17) is 0 Å². The van der Waals surface area contributed by atoms with Gasteiger partial charge in [-0.15, -0.1) is 0 Å². The Morgan fingerprint density at radius 1 is 1.43 bits per heavy atom. The molecule has 0 atom stereocenters. The number of amidine groups is 1. The highest BCUT2D eigenvalue weighted by molar-refractivity contribution is 5.83. The number of nitrogens with zero attached hydrogens (tertiary/aromatic N) is 2. The minimum atomic E-state index is 0.650. The zero-order chi connectivity index (χ0) is 10.6. The van der Waals surface area contributed by atoms with Crippen LogP contribution in [-0.2, 0) is 0 Å². The molecule has 80 valence electrons. The molecule has 0 saturated heterocycles. The molecule has 0 spiro atoms. The third-order valence-corrected chi connectivity index (χ3v) is 2.76. The van der Waals surface area contributed by atoms with Crippen LogP contribution in [0, 0.1) is 5.92 Å². The van der Waals surface area contributed by atoms with Gasteiger partial charge in [0.1, 0.15) is 5.84 Å². The van der Waals surface area contributed by atoms with E-state index in [0.717, 1.165) is 13.0 Å². The van der Waals surface area contributed by atoms with Gasteiger partial charge in [0.15, 0.2) is 0 Å². The van der Waals surface area contributed by atoms with E-state index in [-0.39, 0.29) is 0 Å². The molecule has 1 aliphatic heterocycles. The predicted molar refractivity (Wildman–Crippen MR) is 62.5 cm³/mol. The van der Waals surface area contributed by atoms with Crippen LogP contribution < -0.4 is 0 Å². The Morgan fingerprint density at radius 2 is 2.14 bits per heavy atom. The zero-order valence-electron chi connectivity index (χ0n) is 9.88. The fourth-order valence-electron chi connectivity index (χ4n) is 1.73. The molecule has 0 fully saturated rings. The van der Waals surface area contributed by atoms with Crippen molar-refractivity contribution in [3.8, 4) is 0 Å². The number of hydrogen-bond donors (Lipinski definition) is 0. The van der Waals surface area contributed by atoms with Crippen molar-refractivity contribution in [1.82, 2.24) is 4.90 Å². The molecule has 0 unspecified atom stereocenters. The van der Waals surface area contributed by atoms with Crippen LogP contribution in [0.5, 0.6) is 0 Å². The summed E-state index contributed by atoms with van der Waals surface area (Å²) in [6.45, 7) is 7.79. The summed E-state index contributed by atoms with van der Waals surface area (Å²) >= 11 is 0. The summed E-state index contributed by atoms with van der Waals surface area (Å²) in [6.07, 6.45) is 5.55. The van der Waals surface area contributed by atoms with Crippen LogP contribution >= 0.6 is 0 Å². The molecular weight excluding hydrogens is 172 g/mol. The average molecular weight is 194 g/mol. The lowest BCUT2D eigenvalue weighted by Crippen LogP contribution is -2.28. The molecule has 1 rings (SSSR count). The summed E-state index contributed by atoms with van der Waals surface area (Å²) in [7, 11) is 2.14. The lowest BCUT2D eigenvalue weighted by atomic mass is 9.97. The lowest BCUT2D eigenvalue weighted by Gasteiger charge is -2.24. The number of aliphatic imine (C=N–C) groups is 1. The fourth-order valence-corrected chi connectivity index (χ4v) is 1.73. The lowest BCUT2D eigenvalue weighted by molar-refractivity contribution is 0.485. The van der Waals surface area contributed by atoms with Gasteiger partial charge in [-0.3, -0.25) is 0 Å². The maximum atomic E-state index is 4.53. The summed E-state index contributed by atoms with van der Waals surface area (Å²) in [6, 6.07) is 0. The van der Waals surface area contributed by atoms with E-state index in [2.05, 4.69) is 43.9 Å². The van der Waals surface area contributed by atoms with E-state index in [1.165, 1.54) is 24.3 Å². The average Bonchev–Trinajstić information content (AvgIpc) is 2.18. The molecule has 2 heteroatoms. The summed E-state index contributed by atoms with van der Waals surface area (Å²) in [5, 5.41) is 0. The summed E-state index contributed by atoms with van der Waals surface area (Å²) < 4.78 is 0. The molecule has 1 aliphatic rings. The first-order chi connectivity index (χ1) is 6.65. The zero-order valence-corrected chi connectivity index (χ0v) is 9.88. The number of allylic oxidation sites excluding steroid dienone is 1. The Balaban J connectivity index is 2.59. The van der Waals surface area contributed by atoms with Crippen molar-refractivity contribution in [3.05, 3.63) is 11.8 Å². The number of hydrogen-bond acceptors (Lipinski definition) is 2. The van der Waals surface area contributed by atoms with Crippen LogP contribution in [0.3, 0.4) is 0 Å². The van der Waals surface area contributed by atoms with Gasteiger partial charge in [-0.2, -0.15) is 0 Å². The molecular formula is C12H22N2. The van der Waals surface area contributed by atoms with Crippen LogP contribution in [0.15, 0.2) is 16.8 Å². The van der Waals surface area contributed by atoms with Crippen molar-refractivity contribution >= 4 is 5.84 Å². The smallest absolute Gasteiger partial charge is 0.104 e. The molecule has 0 aliphatic carbocycles. The molecule has 0 saturated carbocycles. The molecule has 14 heavy (non-hydrogen) atoms. The van der Waals surface area contributed by atoms with E-state index < -0.39 is 0 Å². The van der Waals surface area contributed by atoms with Gasteiger partial charge >= 0.3 is 0 Å². The minimum absolute atomic E-state index is 0.650. The Kier molecular flexibility index (Phi) is 4.18. The van der Waals surface area contributed by atoms with Crippen LogP contribution in [-0.4, -0.2) is 24.3 Å². The van der Waals surface area contributed by atoms with E-state index >= 15 is 0 Å². The van der Waals surface area contributed by atoms with E-state index in [1.54, 1.807) is 0 Å². The van der Waals surface area contributed by atoms with Gasteiger partial charge in [-0.25, -0.2) is 4.99 Å². The van der Waals surface area contributed by atoms with Crippen molar-refractivity contribution in [1.29, 1.82) is 0 Å². The predicted octanol–water partition coefficient (Wildman–Crippen LogP) is 3.06. The van der Waals surface area contributed by atoms with E-state index in [0.29, 0.717) is 5.92 Å². The van der Waals surface area contributed by atoms with Gasteiger partial charge in [0.05, 0.1) is 0 Å². The van der Waals surface area contributed by atoms with E-state index in [1.807, 2.05) is 0 Å². The summed E-state index contributed by atoms with van der Waals surface area (Å²) in [4.78, 5) is 6.80. The van der Waals surface area contributed by atoms with Crippen molar-refractivity contribution in [2.45, 2.75) is 40.0 Å². The minimum Gasteiger partial charge on any atom is -0.363 e. The Hall–Kier alpha value is -0.790. The van der Waals surface area contributed by atoms with Gasteiger partial charge in [0, 0.05) is 26.2 Å². The van der Waals surface area contributed by atoms with Gasteiger partial charge in [-0.1, -0.05) is 20.8 Å². The highest BCUT2D eigenvalue weighted by atomic mass is 15.2. The Labute approximate surface area is 87.7 Å². The number of rotatable bonds is 3. The summed E-state index contributed by atoms with van der Waals surface area (Å²) in [5.74, 6) is 1.90. The Morgan fingerprint density at radius 3 is 2.57 bits per heavy atom. The first-order valence-electron chi connectivity index (χ1n) is 5.62. The van der Waals surface area contributed by atoms with Gasteiger partial charge in [0.2, 0.25) is 0 Å². The molecule has 1 heterocycles. The monoisotopic (exact) mass is 194 g/mol. The molecule has 0 aromatic carbocycles. The third-order valence-electron chi connectivity index (χ3n) is 2.76. The SMILES string of the molecule is CCCN(C)C1=NC=C(C(C)C)CC1. The van der Waals surface area contributed by atoms with Gasteiger partial charge < -0.3 is 4.90 Å². The highest BCUT2D eigenvalue weighted by Crippen LogP contribution is 2.20. The fraction of sp³-hybridized carbons (Fsp3) is 0.750. The van der Waals surface area contributed by atoms with Gasteiger partial charge in [-0.05, 0) is 24.3 Å². The van der Waals surface area contributed by atoms with Crippen LogP contribution in [0.4, 0.5) is 0 Å². The normalized spacial score (nSPS) is 16.6. The molecule has 2 nitrogen and oxygen atoms in total. The molecule has 0 aromatic heterocycles. The van der Waals surface area contributed by atoms with Crippen molar-refractivity contribution in [2.24, 2.45) is 10.9 Å². The molecule has 0 radical (unpaired) electrons. The summed E-state index contributed by atoms with van der Waals surface area (Å²) in [5.41, 5.74) is 1.48. The topological polar surface area (TPSA) is 15.6 Å². The van der Waals surface area contributed by atoms with Crippen LogP contribution in [0.2, 0.25) is 0 Å². The molecule has 0 bridgehead atoms. The largest absolute Gasteiger partial charge is 0.363 e. The maximum Gasteiger partial charge on any atom is 0.104 e. The van der Waals surface area contributed by atoms with Crippen molar-refractivity contribution in [3.63, 3.8) is 0 Å². The van der Waals surface area contributed by atoms with Crippen LogP contribution in [0.1, 0.15) is 40.0 Å². The molecule has 0 aromatic rings. The van der Waals surface area contributed by atoms with Crippen molar-refractivity contribution < 1.29 is 0 Å². The van der Waals surface area contributed by atoms with Crippen LogP contribution in [0.25, 0.3) is 0 Å².